The van der Waals surface area contributed by atoms with Gasteiger partial charge in [-0.15, -0.1) is 0 Å². The summed E-state index contributed by atoms with van der Waals surface area (Å²) in [5.41, 5.74) is 18.1. The molecule has 382 valence electrons. The van der Waals surface area contributed by atoms with E-state index in [2.05, 4.69) is 196 Å². The average molecular weight is 1060 g/mol. The van der Waals surface area contributed by atoms with Gasteiger partial charge in [-0.25, -0.2) is 9.97 Å². The molecule has 0 bridgehead atoms. The standard InChI is InChI=1S/C74H41N9/c75-42-46-17-21-50(22-18-46)65-41-66(80-74(79-65)52-23-19-47(43-76)20-24-52)53-37-54(44-77)73(55(38-53)45-78)51-27-25-48(26-28-51)49-29-31-56(32-30-49)81-71-35-33-57(82-67-13-5-1-9-59(67)60-10-2-6-14-68(60)82)39-63(71)64-40-58(34-36-72(64)81)83-69-15-7-3-11-61(69)62-12-4-8-16-70(62)83/h1-41H. The summed E-state index contributed by atoms with van der Waals surface area (Å²) >= 11 is 0. The molecule has 0 radical (unpaired) electrons. The second-order valence-corrected chi connectivity index (χ2v) is 20.6. The number of hydrogen-bond donors (Lipinski definition) is 0. The molecule has 0 aliphatic heterocycles. The third kappa shape index (κ3) is 7.90. The van der Waals surface area contributed by atoms with Crippen molar-refractivity contribution in [3.8, 4) is 97.5 Å². The SMILES string of the molecule is N#Cc1ccc(-c2cc(-c3cc(C#N)c(-c4ccc(-c5ccc(-n6c7ccc(-n8c9ccccc9c9ccccc98)cc7c7cc(-n8c9ccccc9c9ccccc98)ccc76)cc5)cc4)c(C#N)c3)nc(-c3ccc(C#N)cc3)n2)cc1. The minimum Gasteiger partial charge on any atom is -0.309 e. The zero-order valence-electron chi connectivity index (χ0n) is 44.2. The Morgan fingerprint density at radius 1 is 0.265 bits per heavy atom. The van der Waals surface area contributed by atoms with Crippen molar-refractivity contribution >= 4 is 65.4 Å². The Bertz CT molecular complexity index is 4950. The van der Waals surface area contributed by atoms with Gasteiger partial charge in [0, 0.05) is 71.6 Å². The van der Waals surface area contributed by atoms with E-state index in [-0.39, 0.29) is 0 Å². The molecule has 0 fully saturated rings. The normalized spacial score (nSPS) is 11.3. The monoisotopic (exact) mass is 1060 g/mol. The van der Waals surface area contributed by atoms with Gasteiger partial charge < -0.3 is 13.7 Å². The summed E-state index contributed by atoms with van der Waals surface area (Å²) in [4.78, 5) is 9.81. The molecule has 83 heavy (non-hydrogen) atoms. The summed E-state index contributed by atoms with van der Waals surface area (Å²) in [6.45, 7) is 0. The predicted molar refractivity (Wildman–Crippen MR) is 331 cm³/mol. The van der Waals surface area contributed by atoms with Gasteiger partial charge in [0.15, 0.2) is 5.82 Å². The van der Waals surface area contributed by atoms with Gasteiger partial charge in [-0.3, -0.25) is 0 Å². The highest BCUT2D eigenvalue weighted by Crippen LogP contribution is 2.41. The molecule has 4 heterocycles. The lowest BCUT2D eigenvalue weighted by Crippen LogP contribution is -1.98. The molecule has 0 spiro atoms. The summed E-state index contributed by atoms with van der Waals surface area (Å²) in [5.74, 6) is 0.404. The predicted octanol–water partition coefficient (Wildman–Crippen LogP) is 17.6. The highest BCUT2D eigenvalue weighted by atomic mass is 15.0. The van der Waals surface area contributed by atoms with E-state index in [9.17, 15) is 21.0 Å². The number of para-hydroxylation sites is 4. The fourth-order valence-electron chi connectivity index (χ4n) is 12.1. The van der Waals surface area contributed by atoms with Gasteiger partial charge in [-0.1, -0.05) is 121 Å². The number of nitrogens with zero attached hydrogens (tertiary/aromatic N) is 9. The topological polar surface area (TPSA) is 136 Å². The van der Waals surface area contributed by atoms with E-state index in [1.807, 2.05) is 42.5 Å². The smallest absolute Gasteiger partial charge is 0.160 e. The maximum absolute atomic E-state index is 10.7. The molecule has 15 aromatic rings. The number of hydrogen-bond acceptors (Lipinski definition) is 6. The van der Waals surface area contributed by atoms with Crippen LogP contribution in [0.15, 0.2) is 249 Å². The number of aromatic nitrogens is 5. The van der Waals surface area contributed by atoms with E-state index >= 15 is 0 Å². The van der Waals surface area contributed by atoms with Crippen molar-refractivity contribution in [1.82, 2.24) is 23.7 Å². The Morgan fingerprint density at radius 2 is 0.614 bits per heavy atom. The van der Waals surface area contributed by atoms with E-state index in [0.717, 1.165) is 83.2 Å². The average Bonchev–Trinajstić information content (AvgIpc) is 2.61. The maximum atomic E-state index is 10.7. The van der Waals surface area contributed by atoms with Crippen LogP contribution >= 0.6 is 0 Å². The number of fused-ring (bicyclic) bond motifs is 9. The number of rotatable bonds is 8. The summed E-state index contributed by atoms with van der Waals surface area (Å²) < 4.78 is 7.13. The van der Waals surface area contributed by atoms with Crippen LogP contribution in [0.2, 0.25) is 0 Å². The molecule has 0 N–H and O–H groups in total. The first-order valence-corrected chi connectivity index (χ1v) is 27.1. The number of nitriles is 4. The molecule has 9 nitrogen and oxygen atoms in total. The van der Waals surface area contributed by atoms with E-state index in [1.165, 1.54) is 21.5 Å². The van der Waals surface area contributed by atoms with Gasteiger partial charge in [0.05, 0.1) is 91.0 Å². The second-order valence-electron chi connectivity index (χ2n) is 20.6. The Hall–Kier alpha value is -12.1. The van der Waals surface area contributed by atoms with Gasteiger partial charge >= 0.3 is 0 Å². The summed E-state index contributed by atoms with van der Waals surface area (Å²) in [6.07, 6.45) is 0. The summed E-state index contributed by atoms with van der Waals surface area (Å²) in [5, 5.41) is 47.5. The van der Waals surface area contributed by atoms with Crippen molar-refractivity contribution < 1.29 is 0 Å². The van der Waals surface area contributed by atoms with Gasteiger partial charge in [-0.2, -0.15) is 21.0 Å². The van der Waals surface area contributed by atoms with Crippen LogP contribution in [0.5, 0.6) is 0 Å². The lowest BCUT2D eigenvalue weighted by Gasteiger charge is -2.13. The molecule has 0 aliphatic rings. The van der Waals surface area contributed by atoms with E-state index < -0.39 is 0 Å². The van der Waals surface area contributed by atoms with Crippen molar-refractivity contribution in [1.29, 1.82) is 21.0 Å². The first-order valence-electron chi connectivity index (χ1n) is 27.1. The van der Waals surface area contributed by atoms with Crippen LogP contribution < -0.4 is 0 Å². The van der Waals surface area contributed by atoms with Crippen LogP contribution in [0.4, 0.5) is 0 Å². The van der Waals surface area contributed by atoms with Crippen LogP contribution in [0.3, 0.4) is 0 Å². The largest absolute Gasteiger partial charge is 0.309 e. The van der Waals surface area contributed by atoms with Gasteiger partial charge in [-0.05, 0) is 144 Å². The maximum Gasteiger partial charge on any atom is 0.160 e. The molecule has 0 unspecified atom stereocenters. The van der Waals surface area contributed by atoms with Crippen molar-refractivity contribution in [3.63, 3.8) is 0 Å². The zero-order chi connectivity index (χ0) is 55.7. The van der Waals surface area contributed by atoms with E-state index in [0.29, 0.717) is 56.2 Å². The molecular formula is C74H41N9. The molecule has 9 heteroatoms. The van der Waals surface area contributed by atoms with Crippen LogP contribution in [-0.2, 0) is 0 Å². The van der Waals surface area contributed by atoms with E-state index in [4.69, 9.17) is 9.97 Å². The highest BCUT2D eigenvalue weighted by Gasteiger charge is 2.21. The van der Waals surface area contributed by atoms with Crippen molar-refractivity contribution in [2.24, 2.45) is 0 Å². The van der Waals surface area contributed by atoms with Crippen molar-refractivity contribution in [2.45, 2.75) is 0 Å². The number of benzene rings is 11. The summed E-state index contributed by atoms with van der Waals surface area (Å²) in [7, 11) is 0. The van der Waals surface area contributed by atoms with Crippen LogP contribution in [0.1, 0.15) is 22.3 Å². The lowest BCUT2D eigenvalue weighted by atomic mass is 9.91. The lowest BCUT2D eigenvalue weighted by molar-refractivity contribution is 1.16. The Morgan fingerprint density at radius 3 is 1.05 bits per heavy atom. The molecule has 0 saturated carbocycles. The molecule has 4 aromatic heterocycles. The fourth-order valence-corrected chi connectivity index (χ4v) is 12.1. The molecule has 11 aromatic carbocycles. The van der Waals surface area contributed by atoms with Crippen LogP contribution in [0.25, 0.3) is 139 Å². The Balaban J connectivity index is 0.806. The third-order valence-corrected chi connectivity index (χ3v) is 16.0. The van der Waals surface area contributed by atoms with Crippen LogP contribution in [-0.4, -0.2) is 23.7 Å². The minimum absolute atomic E-state index is 0.324. The Kier molecular flexibility index (Phi) is 11.2. The minimum atomic E-state index is 0.324. The molecule has 0 amide bonds. The fraction of sp³-hybridized carbons (Fsp3) is 0. The van der Waals surface area contributed by atoms with Gasteiger partial charge in [0.25, 0.3) is 0 Å². The molecule has 0 saturated heterocycles. The molecule has 0 aliphatic carbocycles. The molecule has 0 atom stereocenters. The first kappa shape index (κ1) is 48.0. The van der Waals surface area contributed by atoms with Crippen LogP contribution in [0, 0.1) is 45.3 Å². The highest BCUT2D eigenvalue weighted by molar-refractivity contribution is 6.14. The second kappa shape index (κ2) is 19.3. The third-order valence-electron chi connectivity index (χ3n) is 16.0. The quantitative estimate of drug-likeness (QED) is 0.149. The van der Waals surface area contributed by atoms with Crippen molar-refractivity contribution in [2.75, 3.05) is 0 Å². The molecule has 15 rings (SSSR count). The van der Waals surface area contributed by atoms with Crippen molar-refractivity contribution in [3.05, 3.63) is 271 Å². The first-order chi connectivity index (χ1) is 40.9. The summed E-state index contributed by atoms with van der Waals surface area (Å²) in [6, 6.07) is 93.4. The Labute approximate surface area is 476 Å². The molecular weight excluding hydrogens is 1010 g/mol. The van der Waals surface area contributed by atoms with E-state index in [1.54, 1.807) is 48.5 Å². The van der Waals surface area contributed by atoms with Gasteiger partial charge in [0.1, 0.15) is 0 Å². The van der Waals surface area contributed by atoms with Gasteiger partial charge in [0.2, 0.25) is 0 Å². The zero-order valence-corrected chi connectivity index (χ0v) is 44.2.